The van der Waals surface area contributed by atoms with E-state index in [0.717, 1.165) is 0 Å². The summed E-state index contributed by atoms with van der Waals surface area (Å²) in [4.78, 5) is 21.4. The van der Waals surface area contributed by atoms with Gasteiger partial charge in [-0.25, -0.2) is 9.78 Å². The van der Waals surface area contributed by atoms with Crippen LogP contribution in [0, 0.1) is 5.92 Å². The number of nitrogens with one attached hydrogen (secondary N) is 1. The van der Waals surface area contributed by atoms with Gasteiger partial charge in [-0.15, -0.1) is 0 Å². The number of anilines is 2. The van der Waals surface area contributed by atoms with Crippen LogP contribution >= 0.6 is 0 Å². The fourth-order valence-corrected chi connectivity index (χ4v) is 2.87. The minimum atomic E-state index is -4.55. The molecule has 1 aliphatic rings. The Kier molecular flexibility index (Phi) is 5.20. The number of nitrogens with zero attached hydrogens (tertiary/aromatic N) is 3. The third-order valence-electron chi connectivity index (χ3n) is 4.30. The summed E-state index contributed by atoms with van der Waals surface area (Å²) in [6.07, 6.45) is -3.81. The van der Waals surface area contributed by atoms with E-state index < -0.39 is 18.3 Å². The zero-order valence-corrected chi connectivity index (χ0v) is 14.8. The van der Waals surface area contributed by atoms with Crippen molar-refractivity contribution in [2.24, 2.45) is 5.92 Å². The van der Waals surface area contributed by atoms with Crippen molar-refractivity contribution in [2.45, 2.75) is 32.1 Å². The molecule has 1 aliphatic heterocycles. The van der Waals surface area contributed by atoms with Crippen molar-refractivity contribution in [1.29, 1.82) is 0 Å². The van der Waals surface area contributed by atoms with Gasteiger partial charge in [0.1, 0.15) is 12.4 Å². The number of hydrogen-bond acceptors (Lipinski definition) is 5. The number of aromatic nitrogens is 2. The van der Waals surface area contributed by atoms with E-state index in [0.29, 0.717) is 0 Å². The number of carbonyl (C=O) groups is 1. The summed E-state index contributed by atoms with van der Waals surface area (Å²) < 4.78 is 45.6. The van der Waals surface area contributed by atoms with Crippen LogP contribution in [0.4, 0.5) is 29.7 Å². The summed E-state index contributed by atoms with van der Waals surface area (Å²) in [5.41, 5.74) is 0.0413. The predicted octanol–water partition coefficient (Wildman–Crippen LogP) is 4.17. The lowest BCUT2D eigenvalue weighted by Gasteiger charge is -2.25. The molecule has 1 saturated heterocycles. The maximum absolute atomic E-state index is 13.5. The van der Waals surface area contributed by atoms with E-state index in [1.165, 1.54) is 41.4 Å². The second-order valence-corrected chi connectivity index (χ2v) is 6.53. The fraction of sp³-hybridized carbons (Fsp3) is 0.389. The van der Waals surface area contributed by atoms with Gasteiger partial charge in [-0.1, -0.05) is 44.2 Å². The Morgan fingerprint density at radius 2 is 1.93 bits per heavy atom. The van der Waals surface area contributed by atoms with E-state index in [-0.39, 0.29) is 35.9 Å². The average molecular weight is 380 g/mol. The van der Waals surface area contributed by atoms with Gasteiger partial charge >= 0.3 is 12.3 Å². The number of amides is 1. The second kappa shape index (κ2) is 7.42. The maximum atomic E-state index is 13.5. The topological polar surface area (TPSA) is 67.3 Å². The van der Waals surface area contributed by atoms with Crippen molar-refractivity contribution in [3.63, 3.8) is 0 Å². The van der Waals surface area contributed by atoms with Crippen LogP contribution < -0.4 is 10.2 Å². The van der Waals surface area contributed by atoms with Gasteiger partial charge in [0, 0.05) is 6.20 Å². The fourth-order valence-electron chi connectivity index (χ4n) is 2.87. The zero-order valence-electron chi connectivity index (χ0n) is 14.8. The van der Waals surface area contributed by atoms with Gasteiger partial charge in [0.05, 0.1) is 6.04 Å². The van der Waals surface area contributed by atoms with E-state index in [2.05, 4.69) is 15.3 Å². The van der Waals surface area contributed by atoms with Gasteiger partial charge in [-0.2, -0.15) is 18.2 Å². The maximum Gasteiger partial charge on any atom is 0.415 e. The summed E-state index contributed by atoms with van der Waals surface area (Å²) in [6, 6.07) is 6.70. The molecule has 2 aromatic rings. The zero-order chi connectivity index (χ0) is 19.6. The highest BCUT2D eigenvalue weighted by Gasteiger charge is 2.42. The molecule has 3 rings (SSSR count). The van der Waals surface area contributed by atoms with Gasteiger partial charge in [-0.05, 0) is 17.5 Å². The summed E-state index contributed by atoms with van der Waals surface area (Å²) >= 11 is 0. The van der Waals surface area contributed by atoms with Crippen LogP contribution in [0.15, 0.2) is 42.6 Å². The van der Waals surface area contributed by atoms with Crippen LogP contribution in [-0.2, 0) is 4.74 Å². The van der Waals surface area contributed by atoms with Gasteiger partial charge in [0.25, 0.3) is 0 Å². The SMILES string of the molecule is CC(C)C1COC(=O)N1c1ccnc(N[C@@H](c2ccccc2)C(F)(F)F)n1. The number of hydrogen-bond donors (Lipinski definition) is 1. The Morgan fingerprint density at radius 3 is 2.56 bits per heavy atom. The smallest absolute Gasteiger partial charge is 0.415 e. The Bertz CT molecular complexity index is 799. The van der Waals surface area contributed by atoms with E-state index in [1.807, 2.05) is 13.8 Å². The molecule has 1 aromatic heterocycles. The molecule has 2 heterocycles. The monoisotopic (exact) mass is 380 g/mol. The first kappa shape index (κ1) is 18.9. The number of rotatable bonds is 5. The van der Waals surface area contributed by atoms with Crippen molar-refractivity contribution in [2.75, 3.05) is 16.8 Å². The van der Waals surface area contributed by atoms with Crippen LogP contribution in [0.25, 0.3) is 0 Å². The number of alkyl halides is 3. The highest BCUT2D eigenvalue weighted by atomic mass is 19.4. The predicted molar refractivity (Wildman–Crippen MR) is 93.3 cm³/mol. The first-order valence-corrected chi connectivity index (χ1v) is 8.44. The molecule has 0 spiro atoms. The molecule has 144 valence electrons. The van der Waals surface area contributed by atoms with Crippen LogP contribution in [0.5, 0.6) is 0 Å². The minimum absolute atomic E-state index is 0.0413. The van der Waals surface area contributed by atoms with Crippen molar-refractivity contribution < 1.29 is 22.7 Å². The number of ether oxygens (including phenoxy) is 1. The molecule has 2 atom stereocenters. The molecule has 1 N–H and O–H groups in total. The van der Waals surface area contributed by atoms with Crippen LogP contribution in [-0.4, -0.2) is 34.9 Å². The molecular formula is C18H19F3N4O2. The number of benzene rings is 1. The molecular weight excluding hydrogens is 361 g/mol. The molecule has 1 aromatic carbocycles. The Balaban J connectivity index is 1.90. The van der Waals surface area contributed by atoms with Crippen molar-refractivity contribution in [3.05, 3.63) is 48.2 Å². The quantitative estimate of drug-likeness (QED) is 0.843. The molecule has 0 aliphatic carbocycles. The largest absolute Gasteiger partial charge is 0.447 e. The highest BCUT2D eigenvalue weighted by Crippen LogP contribution is 2.35. The van der Waals surface area contributed by atoms with E-state index in [4.69, 9.17) is 4.74 Å². The second-order valence-electron chi connectivity index (χ2n) is 6.53. The summed E-state index contributed by atoms with van der Waals surface area (Å²) in [5.74, 6) is 0.0682. The highest BCUT2D eigenvalue weighted by molar-refractivity contribution is 5.89. The van der Waals surface area contributed by atoms with Gasteiger partial charge in [0.2, 0.25) is 5.95 Å². The van der Waals surface area contributed by atoms with Gasteiger partial charge in [-0.3, -0.25) is 4.90 Å². The molecule has 1 amide bonds. The molecule has 9 heteroatoms. The van der Waals surface area contributed by atoms with E-state index in [9.17, 15) is 18.0 Å². The number of carbonyl (C=O) groups excluding carboxylic acids is 1. The molecule has 0 saturated carbocycles. The summed E-state index contributed by atoms with van der Waals surface area (Å²) in [6.45, 7) is 4.06. The lowest BCUT2D eigenvalue weighted by Crippen LogP contribution is -2.38. The lowest BCUT2D eigenvalue weighted by molar-refractivity contribution is -0.144. The third kappa shape index (κ3) is 4.12. The normalized spacial score (nSPS) is 18.5. The first-order valence-electron chi connectivity index (χ1n) is 8.44. The van der Waals surface area contributed by atoms with Crippen molar-refractivity contribution in [3.8, 4) is 0 Å². The summed E-state index contributed by atoms with van der Waals surface area (Å²) in [5, 5.41) is 2.33. The Labute approximate surface area is 154 Å². The Hall–Kier alpha value is -2.84. The molecule has 27 heavy (non-hydrogen) atoms. The van der Waals surface area contributed by atoms with Gasteiger partial charge < -0.3 is 10.1 Å². The van der Waals surface area contributed by atoms with E-state index >= 15 is 0 Å². The van der Waals surface area contributed by atoms with Crippen molar-refractivity contribution >= 4 is 17.9 Å². The molecule has 6 nitrogen and oxygen atoms in total. The molecule has 1 unspecified atom stereocenters. The van der Waals surface area contributed by atoms with Crippen LogP contribution in [0.1, 0.15) is 25.5 Å². The molecule has 0 radical (unpaired) electrons. The van der Waals surface area contributed by atoms with Crippen LogP contribution in [0.3, 0.4) is 0 Å². The van der Waals surface area contributed by atoms with Crippen molar-refractivity contribution in [1.82, 2.24) is 9.97 Å². The number of halogens is 3. The van der Waals surface area contributed by atoms with Gasteiger partial charge in [0.15, 0.2) is 6.04 Å². The number of cyclic esters (lactones) is 1. The minimum Gasteiger partial charge on any atom is -0.447 e. The Morgan fingerprint density at radius 1 is 1.22 bits per heavy atom. The third-order valence-corrected chi connectivity index (χ3v) is 4.30. The van der Waals surface area contributed by atoms with E-state index in [1.54, 1.807) is 6.07 Å². The standard InChI is InChI=1S/C18H19F3N4O2/c1-11(2)13-10-27-17(26)25(13)14-8-9-22-16(23-14)24-15(18(19,20)21)12-6-4-3-5-7-12/h3-9,11,13,15H,10H2,1-2H3,(H,22,23,24)/t13?,15-/m0/s1. The lowest BCUT2D eigenvalue weighted by atomic mass is 10.0. The summed E-state index contributed by atoms with van der Waals surface area (Å²) in [7, 11) is 0. The van der Waals surface area contributed by atoms with Crippen LogP contribution in [0.2, 0.25) is 0 Å². The molecule has 0 bridgehead atoms. The average Bonchev–Trinajstić information content (AvgIpc) is 3.01. The molecule has 1 fully saturated rings. The first-order chi connectivity index (χ1) is 12.8.